The van der Waals surface area contributed by atoms with E-state index in [0.717, 1.165) is 5.69 Å². The average molecular weight is 179 g/mol. The monoisotopic (exact) mass is 179 g/mol. The molecule has 0 saturated carbocycles. The molecule has 4 heteroatoms. The van der Waals surface area contributed by atoms with Crippen molar-refractivity contribution >= 4 is 17.8 Å². The van der Waals surface area contributed by atoms with Gasteiger partial charge in [0.15, 0.2) is 17.8 Å². The van der Waals surface area contributed by atoms with Crippen molar-refractivity contribution in [3.8, 4) is 11.5 Å². The predicted octanol–water partition coefficient (Wildman–Crippen LogP) is 2.22. The van der Waals surface area contributed by atoms with Crippen molar-refractivity contribution < 1.29 is 9.21 Å². The fourth-order valence-corrected chi connectivity index (χ4v) is 1.41. The second-order valence-corrected chi connectivity index (χ2v) is 2.87. The van der Waals surface area contributed by atoms with Crippen LogP contribution in [0.2, 0.25) is 0 Å². The number of hydrogen-bond acceptors (Lipinski definition) is 4. The van der Waals surface area contributed by atoms with Gasteiger partial charge in [-0.05, 0) is 29.7 Å². The zero-order valence-electron chi connectivity index (χ0n) is 6.06. The first-order valence-electron chi connectivity index (χ1n) is 3.36. The second-order valence-electron chi connectivity index (χ2n) is 2.20. The molecule has 2 aromatic rings. The Labute approximate surface area is 72.8 Å². The number of hydrogen-bond donors (Lipinski definition) is 0. The molecule has 2 heterocycles. The van der Waals surface area contributed by atoms with Crippen LogP contribution in [0.3, 0.4) is 0 Å². The number of carbonyl (C=O) groups excluding carboxylic acids is 1. The lowest BCUT2D eigenvalue weighted by Gasteiger charge is -1.85. The summed E-state index contributed by atoms with van der Waals surface area (Å²) in [5.41, 5.74) is 0.771. The number of carbonyl (C=O) groups is 1. The van der Waals surface area contributed by atoms with Crippen molar-refractivity contribution in [2.45, 2.75) is 0 Å². The molecule has 2 rings (SSSR count). The fraction of sp³-hybridized carbons (Fsp3) is 0. The zero-order chi connectivity index (χ0) is 8.39. The standard InChI is InChI=1S/C8H5NO2S/c10-5-6-1-2-8(11-6)7-3-4-12-9-7/h1-5H. The molecular weight excluding hydrogens is 174 g/mol. The topological polar surface area (TPSA) is 43.1 Å². The van der Waals surface area contributed by atoms with Crippen molar-refractivity contribution in [2.75, 3.05) is 0 Å². The lowest BCUT2D eigenvalue weighted by Crippen LogP contribution is -1.70. The highest BCUT2D eigenvalue weighted by Gasteiger charge is 2.04. The maximum atomic E-state index is 10.3. The first-order valence-corrected chi connectivity index (χ1v) is 4.19. The van der Waals surface area contributed by atoms with Crippen molar-refractivity contribution in [3.63, 3.8) is 0 Å². The summed E-state index contributed by atoms with van der Waals surface area (Å²) in [5.74, 6) is 0.969. The summed E-state index contributed by atoms with van der Waals surface area (Å²) >= 11 is 1.35. The van der Waals surface area contributed by atoms with E-state index in [1.54, 1.807) is 12.1 Å². The molecule has 0 unspecified atom stereocenters. The van der Waals surface area contributed by atoms with Crippen LogP contribution in [0, 0.1) is 0 Å². The third kappa shape index (κ3) is 1.16. The van der Waals surface area contributed by atoms with E-state index in [-0.39, 0.29) is 0 Å². The predicted molar refractivity (Wildman–Crippen MR) is 45.2 cm³/mol. The van der Waals surface area contributed by atoms with E-state index >= 15 is 0 Å². The highest BCUT2D eigenvalue weighted by Crippen LogP contribution is 2.20. The van der Waals surface area contributed by atoms with Crippen LogP contribution < -0.4 is 0 Å². The number of nitrogens with zero attached hydrogens (tertiary/aromatic N) is 1. The summed E-state index contributed by atoms with van der Waals surface area (Å²) in [5, 5.41) is 1.86. The maximum Gasteiger partial charge on any atom is 0.185 e. The van der Waals surface area contributed by atoms with Gasteiger partial charge in [-0.2, -0.15) is 4.37 Å². The minimum Gasteiger partial charge on any atom is -0.452 e. The molecule has 0 N–H and O–H groups in total. The van der Waals surface area contributed by atoms with Gasteiger partial charge in [-0.1, -0.05) is 0 Å². The van der Waals surface area contributed by atoms with Crippen LogP contribution in [-0.2, 0) is 0 Å². The van der Waals surface area contributed by atoms with E-state index in [2.05, 4.69) is 4.37 Å². The molecule has 2 aromatic heterocycles. The van der Waals surface area contributed by atoms with Gasteiger partial charge in [0.25, 0.3) is 0 Å². The highest BCUT2D eigenvalue weighted by atomic mass is 32.1. The first kappa shape index (κ1) is 7.24. The van der Waals surface area contributed by atoms with E-state index in [9.17, 15) is 4.79 Å². The molecule has 0 radical (unpaired) electrons. The van der Waals surface area contributed by atoms with Crippen LogP contribution in [0.25, 0.3) is 11.5 Å². The summed E-state index contributed by atoms with van der Waals surface area (Å²) in [4.78, 5) is 10.3. The van der Waals surface area contributed by atoms with Gasteiger partial charge in [-0.3, -0.25) is 4.79 Å². The first-order chi connectivity index (χ1) is 5.90. The van der Waals surface area contributed by atoms with Gasteiger partial charge < -0.3 is 4.42 Å². The largest absolute Gasteiger partial charge is 0.452 e. The molecule has 0 atom stereocenters. The van der Waals surface area contributed by atoms with Crippen LogP contribution in [0.1, 0.15) is 10.6 Å². The van der Waals surface area contributed by atoms with Gasteiger partial charge in [0.2, 0.25) is 0 Å². The number of rotatable bonds is 2. The quantitative estimate of drug-likeness (QED) is 0.664. The Bertz CT molecular complexity index is 377. The molecule has 0 aliphatic carbocycles. The van der Waals surface area contributed by atoms with Crippen LogP contribution in [-0.4, -0.2) is 10.7 Å². The Morgan fingerprint density at radius 2 is 2.33 bits per heavy atom. The molecule has 0 saturated heterocycles. The molecular formula is C8H5NO2S. The summed E-state index contributed by atoms with van der Waals surface area (Å²) in [6.45, 7) is 0. The Balaban J connectivity index is 2.41. The molecule has 0 bridgehead atoms. The van der Waals surface area contributed by atoms with E-state index in [1.165, 1.54) is 11.5 Å². The molecule has 0 spiro atoms. The number of aldehydes is 1. The summed E-state index contributed by atoms with van der Waals surface area (Å²) in [6, 6.07) is 5.21. The third-order valence-corrected chi connectivity index (χ3v) is 1.99. The molecule has 12 heavy (non-hydrogen) atoms. The summed E-state index contributed by atoms with van der Waals surface area (Å²) in [6.07, 6.45) is 0.676. The molecule has 0 fully saturated rings. The van der Waals surface area contributed by atoms with Crippen molar-refractivity contribution in [3.05, 3.63) is 29.3 Å². The number of furan rings is 1. The molecule has 0 aromatic carbocycles. The lowest BCUT2D eigenvalue weighted by molar-refractivity contribution is 0.110. The van der Waals surface area contributed by atoms with Crippen LogP contribution in [0.5, 0.6) is 0 Å². The van der Waals surface area contributed by atoms with Gasteiger partial charge >= 0.3 is 0 Å². The summed E-state index contributed by atoms with van der Waals surface area (Å²) in [7, 11) is 0. The van der Waals surface area contributed by atoms with Gasteiger partial charge in [0, 0.05) is 5.38 Å². The van der Waals surface area contributed by atoms with E-state index in [1.807, 2.05) is 11.4 Å². The Morgan fingerprint density at radius 3 is 2.92 bits per heavy atom. The van der Waals surface area contributed by atoms with Crippen molar-refractivity contribution in [1.29, 1.82) is 0 Å². The van der Waals surface area contributed by atoms with Gasteiger partial charge in [0.05, 0.1) is 0 Å². The molecule has 0 aliphatic rings. The molecule has 0 aliphatic heterocycles. The molecule has 3 nitrogen and oxygen atoms in total. The SMILES string of the molecule is O=Cc1ccc(-c2ccsn2)o1. The number of aromatic nitrogens is 1. The van der Waals surface area contributed by atoms with Crippen LogP contribution in [0.15, 0.2) is 28.0 Å². The summed E-state index contributed by atoms with van der Waals surface area (Å²) < 4.78 is 9.22. The highest BCUT2D eigenvalue weighted by molar-refractivity contribution is 7.03. The van der Waals surface area contributed by atoms with Gasteiger partial charge in [-0.15, -0.1) is 0 Å². The zero-order valence-corrected chi connectivity index (χ0v) is 6.88. The van der Waals surface area contributed by atoms with Gasteiger partial charge in [-0.25, -0.2) is 0 Å². The van der Waals surface area contributed by atoms with Crippen molar-refractivity contribution in [2.24, 2.45) is 0 Å². The lowest BCUT2D eigenvalue weighted by atomic mass is 10.3. The minimum absolute atomic E-state index is 0.331. The minimum atomic E-state index is 0.331. The average Bonchev–Trinajstić information content (AvgIpc) is 2.75. The normalized spacial score (nSPS) is 10.0. The molecule has 0 amide bonds. The fourth-order valence-electron chi connectivity index (χ4n) is 0.893. The Morgan fingerprint density at radius 1 is 1.42 bits per heavy atom. The Hall–Kier alpha value is -1.42. The van der Waals surface area contributed by atoms with Gasteiger partial charge in [0.1, 0.15) is 5.69 Å². The maximum absolute atomic E-state index is 10.3. The molecule has 60 valence electrons. The van der Waals surface area contributed by atoms with E-state index in [4.69, 9.17) is 4.42 Å². The van der Waals surface area contributed by atoms with Crippen molar-refractivity contribution in [1.82, 2.24) is 4.37 Å². The second kappa shape index (κ2) is 2.91. The van der Waals surface area contributed by atoms with E-state index in [0.29, 0.717) is 17.8 Å². The van der Waals surface area contributed by atoms with E-state index < -0.39 is 0 Å². The van der Waals surface area contributed by atoms with Crippen LogP contribution in [0.4, 0.5) is 0 Å². The Kier molecular flexibility index (Phi) is 1.75. The smallest absolute Gasteiger partial charge is 0.185 e. The van der Waals surface area contributed by atoms with Crippen LogP contribution >= 0.6 is 11.5 Å². The third-order valence-electron chi connectivity index (χ3n) is 1.43.